The van der Waals surface area contributed by atoms with Crippen molar-refractivity contribution in [3.63, 3.8) is 0 Å². The Morgan fingerprint density at radius 2 is 2.14 bits per heavy atom. The van der Waals surface area contributed by atoms with Crippen LogP contribution in [0.1, 0.15) is 18.5 Å². The van der Waals surface area contributed by atoms with Crippen LogP contribution in [0.25, 0.3) is 0 Å². The second-order valence-corrected chi connectivity index (χ2v) is 5.07. The van der Waals surface area contributed by atoms with Crippen LogP contribution in [0.15, 0.2) is 18.2 Å². The van der Waals surface area contributed by atoms with Gasteiger partial charge in [-0.25, -0.2) is 4.98 Å². The number of ether oxygens (including phenoxy) is 1. The molecular formula is C13H14ClF3N2O2. The highest BCUT2D eigenvalue weighted by Gasteiger charge is 2.34. The Labute approximate surface area is 124 Å². The standard InChI is InChI=1S/C13H14ClF3N2O2/c14-6-2-5-12(20)19-7-9(8-19)21-11-4-1-3-10(18-11)13(15,16)17/h1,3-4,9H,2,5-8H2. The largest absolute Gasteiger partial charge is 0.471 e. The van der Waals surface area contributed by atoms with Crippen molar-refractivity contribution >= 4 is 17.5 Å². The third-order valence-electron chi connectivity index (χ3n) is 3.03. The van der Waals surface area contributed by atoms with Gasteiger partial charge in [-0.2, -0.15) is 13.2 Å². The molecule has 1 aromatic heterocycles. The van der Waals surface area contributed by atoms with E-state index in [1.54, 1.807) is 4.90 Å². The van der Waals surface area contributed by atoms with E-state index < -0.39 is 11.9 Å². The summed E-state index contributed by atoms with van der Waals surface area (Å²) in [6, 6.07) is 3.50. The van der Waals surface area contributed by atoms with Gasteiger partial charge >= 0.3 is 6.18 Å². The minimum absolute atomic E-state index is 0.0208. The first-order valence-electron chi connectivity index (χ1n) is 6.45. The van der Waals surface area contributed by atoms with Crippen molar-refractivity contribution in [3.05, 3.63) is 23.9 Å². The van der Waals surface area contributed by atoms with Crippen molar-refractivity contribution < 1.29 is 22.7 Å². The number of rotatable bonds is 5. The molecule has 0 N–H and O–H groups in total. The normalized spacial score (nSPS) is 15.7. The number of likely N-dealkylation sites (tertiary alicyclic amines) is 1. The predicted octanol–water partition coefficient (Wildman–Crippen LogP) is 2.71. The zero-order valence-electron chi connectivity index (χ0n) is 11.1. The maximum absolute atomic E-state index is 12.5. The van der Waals surface area contributed by atoms with E-state index in [1.807, 2.05) is 0 Å². The predicted molar refractivity (Wildman–Crippen MR) is 70.2 cm³/mol. The maximum Gasteiger partial charge on any atom is 0.433 e. The molecule has 0 radical (unpaired) electrons. The molecule has 1 saturated heterocycles. The Morgan fingerprint density at radius 3 is 2.76 bits per heavy atom. The van der Waals surface area contributed by atoms with Crippen molar-refractivity contribution in [2.75, 3.05) is 19.0 Å². The molecule has 0 atom stereocenters. The number of carbonyl (C=O) groups is 1. The van der Waals surface area contributed by atoms with Gasteiger partial charge in [0.05, 0.1) is 13.1 Å². The maximum atomic E-state index is 12.5. The van der Waals surface area contributed by atoms with Gasteiger partial charge in [-0.1, -0.05) is 6.07 Å². The molecule has 1 aliphatic rings. The number of halogens is 4. The van der Waals surface area contributed by atoms with Crippen LogP contribution in [0.2, 0.25) is 0 Å². The quantitative estimate of drug-likeness (QED) is 0.783. The Bertz CT molecular complexity index is 504. The fourth-order valence-corrected chi connectivity index (χ4v) is 2.04. The van der Waals surface area contributed by atoms with Gasteiger partial charge in [0.25, 0.3) is 0 Å². The van der Waals surface area contributed by atoms with Gasteiger partial charge in [0.2, 0.25) is 11.8 Å². The van der Waals surface area contributed by atoms with Crippen molar-refractivity contribution in [2.45, 2.75) is 25.1 Å². The number of hydrogen-bond donors (Lipinski definition) is 0. The molecule has 1 amide bonds. The van der Waals surface area contributed by atoms with E-state index in [0.29, 0.717) is 31.8 Å². The summed E-state index contributed by atoms with van der Waals surface area (Å²) >= 11 is 5.50. The van der Waals surface area contributed by atoms with E-state index in [0.717, 1.165) is 6.07 Å². The zero-order valence-corrected chi connectivity index (χ0v) is 11.8. The van der Waals surface area contributed by atoms with E-state index in [1.165, 1.54) is 12.1 Å². The molecule has 2 rings (SSSR count). The van der Waals surface area contributed by atoms with E-state index in [4.69, 9.17) is 16.3 Å². The van der Waals surface area contributed by atoms with Crippen LogP contribution >= 0.6 is 11.6 Å². The Balaban J connectivity index is 1.84. The van der Waals surface area contributed by atoms with Crippen molar-refractivity contribution in [2.24, 2.45) is 0 Å². The third kappa shape index (κ3) is 4.23. The average molecular weight is 323 g/mol. The van der Waals surface area contributed by atoms with Gasteiger partial charge in [0.1, 0.15) is 11.8 Å². The number of nitrogens with zero attached hydrogens (tertiary/aromatic N) is 2. The lowest BCUT2D eigenvalue weighted by Crippen LogP contribution is -2.56. The van der Waals surface area contributed by atoms with Crippen molar-refractivity contribution in [3.8, 4) is 5.88 Å². The number of alkyl halides is 4. The highest BCUT2D eigenvalue weighted by molar-refractivity contribution is 6.17. The molecule has 21 heavy (non-hydrogen) atoms. The molecule has 0 unspecified atom stereocenters. The summed E-state index contributed by atoms with van der Waals surface area (Å²) in [6.07, 6.45) is -3.83. The minimum atomic E-state index is -4.50. The van der Waals surface area contributed by atoms with Crippen LogP contribution in [0, 0.1) is 0 Å². The highest BCUT2D eigenvalue weighted by atomic mass is 35.5. The molecule has 1 aliphatic heterocycles. The Hall–Kier alpha value is -1.50. The first kappa shape index (κ1) is 15.9. The summed E-state index contributed by atoms with van der Waals surface area (Å²) in [6.45, 7) is 0.720. The van der Waals surface area contributed by atoms with Crippen LogP contribution < -0.4 is 4.74 Å². The molecule has 8 heteroatoms. The first-order chi connectivity index (χ1) is 9.90. The van der Waals surface area contributed by atoms with E-state index in [-0.39, 0.29) is 17.9 Å². The molecule has 2 heterocycles. The first-order valence-corrected chi connectivity index (χ1v) is 6.98. The highest BCUT2D eigenvalue weighted by Crippen LogP contribution is 2.29. The lowest BCUT2D eigenvalue weighted by Gasteiger charge is -2.38. The van der Waals surface area contributed by atoms with Gasteiger partial charge in [-0.05, 0) is 12.5 Å². The van der Waals surface area contributed by atoms with Gasteiger partial charge in [0.15, 0.2) is 0 Å². The zero-order chi connectivity index (χ0) is 15.5. The average Bonchev–Trinajstić information content (AvgIpc) is 2.39. The molecule has 0 spiro atoms. The van der Waals surface area contributed by atoms with Crippen LogP contribution in [-0.2, 0) is 11.0 Å². The molecule has 0 aromatic carbocycles. The van der Waals surface area contributed by atoms with Gasteiger partial charge < -0.3 is 9.64 Å². The molecule has 0 aliphatic carbocycles. The van der Waals surface area contributed by atoms with E-state index in [9.17, 15) is 18.0 Å². The second kappa shape index (κ2) is 6.51. The minimum Gasteiger partial charge on any atom is -0.471 e. The van der Waals surface area contributed by atoms with Crippen molar-refractivity contribution in [1.82, 2.24) is 9.88 Å². The lowest BCUT2D eigenvalue weighted by atomic mass is 10.1. The monoisotopic (exact) mass is 322 g/mol. The summed E-state index contributed by atoms with van der Waals surface area (Å²) in [5.74, 6) is 0.323. The fourth-order valence-electron chi connectivity index (χ4n) is 1.90. The molecule has 116 valence electrons. The third-order valence-corrected chi connectivity index (χ3v) is 3.29. The summed E-state index contributed by atoms with van der Waals surface area (Å²) in [4.78, 5) is 16.6. The van der Waals surface area contributed by atoms with Crippen LogP contribution in [0.5, 0.6) is 5.88 Å². The van der Waals surface area contributed by atoms with Crippen LogP contribution in [0.4, 0.5) is 13.2 Å². The smallest absolute Gasteiger partial charge is 0.433 e. The van der Waals surface area contributed by atoms with Gasteiger partial charge in [-0.3, -0.25) is 4.79 Å². The van der Waals surface area contributed by atoms with Gasteiger partial charge in [0, 0.05) is 18.4 Å². The number of hydrogen-bond acceptors (Lipinski definition) is 3. The van der Waals surface area contributed by atoms with Crippen molar-refractivity contribution in [1.29, 1.82) is 0 Å². The number of pyridine rings is 1. The molecule has 1 aromatic rings. The Kier molecular flexibility index (Phi) is 4.92. The number of amides is 1. The molecular weight excluding hydrogens is 309 g/mol. The fraction of sp³-hybridized carbons (Fsp3) is 0.538. The summed E-state index contributed by atoms with van der Waals surface area (Å²) in [5, 5.41) is 0. The number of aromatic nitrogens is 1. The molecule has 4 nitrogen and oxygen atoms in total. The van der Waals surface area contributed by atoms with Gasteiger partial charge in [-0.15, -0.1) is 11.6 Å². The topological polar surface area (TPSA) is 42.4 Å². The van der Waals surface area contributed by atoms with E-state index in [2.05, 4.69) is 4.98 Å². The van der Waals surface area contributed by atoms with Crippen LogP contribution in [0.3, 0.4) is 0 Å². The van der Waals surface area contributed by atoms with Crippen LogP contribution in [-0.4, -0.2) is 40.9 Å². The Morgan fingerprint density at radius 1 is 1.43 bits per heavy atom. The molecule has 1 fully saturated rings. The summed E-state index contributed by atoms with van der Waals surface area (Å²) in [7, 11) is 0. The molecule has 0 saturated carbocycles. The summed E-state index contributed by atoms with van der Waals surface area (Å²) in [5.41, 5.74) is -0.991. The number of carbonyl (C=O) groups excluding carboxylic acids is 1. The SMILES string of the molecule is O=C(CCCCl)N1CC(Oc2cccc(C(F)(F)F)n2)C1. The van der Waals surface area contributed by atoms with E-state index >= 15 is 0 Å². The second-order valence-electron chi connectivity index (χ2n) is 4.69. The molecule has 0 bridgehead atoms. The lowest BCUT2D eigenvalue weighted by molar-refractivity contribution is -0.142. The summed E-state index contributed by atoms with van der Waals surface area (Å²) < 4.78 is 42.9.